The molecular weight excluding hydrogens is 376 g/mol. The minimum Gasteiger partial charge on any atom is -0.497 e. The number of esters is 1. The third-order valence-corrected chi connectivity index (χ3v) is 4.70. The van der Waals surface area contributed by atoms with Crippen LogP contribution in [0.4, 0.5) is 5.69 Å². The second kappa shape index (κ2) is 8.55. The van der Waals surface area contributed by atoms with E-state index in [1.54, 1.807) is 44.4 Å². The number of benzene rings is 2. The monoisotopic (exact) mass is 396 g/mol. The van der Waals surface area contributed by atoms with Crippen LogP contribution in [0.3, 0.4) is 0 Å². The van der Waals surface area contributed by atoms with E-state index in [1.807, 2.05) is 0 Å². The van der Waals surface area contributed by atoms with E-state index < -0.39 is 16.8 Å². The first kappa shape index (κ1) is 20.1. The minimum atomic E-state index is -0.619. The molecule has 0 aromatic heterocycles. The molecule has 0 bridgehead atoms. The van der Waals surface area contributed by atoms with Gasteiger partial charge < -0.3 is 14.8 Å². The van der Waals surface area contributed by atoms with Crippen LogP contribution in [-0.4, -0.2) is 23.9 Å². The van der Waals surface area contributed by atoms with Crippen molar-refractivity contribution in [2.24, 2.45) is 0 Å². The zero-order chi connectivity index (χ0) is 21.0. The highest BCUT2D eigenvalue weighted by Gasteiger charge is 2.33. The van der Waals surface area contributed by atoms with Crippen molar-refractivity contribution in [3.8, 4) is 5.75 Å². The number of hydrogen-bond acceptors (Lipinski definition) is 6. The largest absolute Gasteiger partial charge is 0.497 e. The van der Waals surface area contributed by atoms with Gasteiger partial charge in [-0.2, -0.15) is 0 Å². The van der Waals surface area contributed by atoms with Gasteiger partial charge in [0.05, 0.1) is 17.6 Å². The first-order valence-corrected chi connectivity index (χ1v) is 8.94. The molecule has 1 heterocycles. The summed E-state index contributed by atoms with van der Waals surface area (Å²) in [6.07, 6.45) is 0.00543. The summed E-state index contributed by atoms with van der Waals surface area (Å²) in [5, 5.41) is 13.7. The number of carbonyl (C=O) groups is 2. The fraction of sp³-hybridized carbons (Fsp3) is 0.238. The summed E-state index contributed by atoms with van der Waals surface area (Å²) < 4.78 is 10.6. The quantitative estimate of drug-likeness (QED) is 0.456. The Balaban J connectivity index is 1.84. The maximum Gasteiger partial charge on any atom is 0.336 e. The molecular formula is C21H20N2O6. The number of amides is 1. The lowest BCUT2D eigenvalue weighted by atomic mass is 9.84. The van der Waals surface area contributed by atoms with Gasteiger partial charge in [0.25, 0.3) is 5.69 Å². The van der Waals surface area contributed by atoms with Crippen molar-refractivity contribution in [2.75, 3.05) is 7.11 Å². The van der Waals surface area contributed by atoms with Crippen molar-refractivity contribution >= 4 is 17.6 Å². The molecule has 2 aromatic carbocycles. The number of nitrogens with one attached hydrogen (secondary N) is 1. The highest BCUT2D eigenvalue weighted by Crippen LogP contribution is 2.35. The molecule has 150 valence electrons. The van der Waals surface area contributed by atoms with Crippen LogP contribution in [-0.2, 0) is 20.9 Å². The van der Waals surface area contributed by atoms with Crippen molar-refractivity contribution in [3.05, 3.63) is 81.0 Å². The van der Waals surface area contributed by atoms with Crippen LogP contribution in [0.2, 0.25) is 0 Å². The normalized spacial score (nSPS) is 16.2. The van der Waals surface area contributed by atoms with Gasteiger partial charge in [-0.3, -0.25) is 14.9 Å². The molecule has 1 aliphatic rings. The summed E-state index contributed by atoms with van der Waals surface area (Å²) in [4.78, 5) is 35.5. The van der Waals surface area contributed by atoms with Gasteiger partial charge in [-0.15, -0.1) is 0 Å². The summed E-state index contributed by atoms with van der Waals surface area (Å²) in [5.74, 6) is -0.757. The number of methoxy groups -OCH3 is 1. The summed E-state index contributed by atoms with van der Waals surface area (Å²) in [6, 6.07) is 13.1. The number of carbonyl (C=O) groups excluding carboxylic acids is 2. The number of nitrogens with zero attached hydrogens (tertiary/aromatic N) is 1. The summed E-state index contributed by atoms with van der Waals surface area (Å²) in [6.45, 7) is 1.67. The molecule has 1 N–H and O–H groups in total. The van der Waals surface area contributed by atoms with E-state index in [0.29, 0.717) is 22.6 Å². The number of non-ortho nitro benzene ring substituents is 1. The summed E-state index contributed by atoms with van der Waals surface area (Å²) in [5.41, 5.74) is 1.88. The molecule has 0 fully saturated rings. The third kappa shape index (κ3) is 4.60. The molecule has 1 aliphatic heterocycles. The lowest BCUT2D eigenvalue weighted by molar-refractivity contribution is -0.384. The SMILES string of the molecule is COc1ccc(COC(=O)C2=C(C)NC(=O)CC2c2cccc([N+](=O)[O-])c2)cc1. The van der Waals surface area contributed by atoms with Crippen LogP contribution in [0.25, 0.3) is 0 Å². The lowest BCUT2D eigenvalue weighted by Gasteiger charge is -2.26. The van der Waals surface area contributed by atoms with Crippen LogP contribution in [0.15, 0.2) is 59.8 Å². The van der Waals surface area contributed by atoms with Crippen LogP contribution in [0.5, 0.6) is 5.75 Å². The minimum absolute atomic E-state index is 0.00543. The van der Waals surface area contributed by atoms with Gasteiger partial charge in [0.1, 0.15) is 12.4 Å². The molecule has 1 unspecified atom stereocenters. The maximum atomic E-state index is 12.8. The maximum absolute atomic E-state index is 12.8. The fourth-order valence-corrected chi connectivity index (χ4v) is 3.26. The lowest BCUT2D eigenvalue weighted by Crippen LogP contribution is -2.34. The predicted octanol–water partition coefficient (Wildman–Crippen LogP) is 3.22. The van der Waals surface area contributed by atoms with Crippen LogP contribution in [0.1, 0.15) is 30.4 Å². The zero-order valence-corrected chi connectivity index (χ0v) is 16.0. The van der Waals surface area contributed by atoms with Crippen LogP contribution in [0, 0.1) is 10.1 Å². The van der Waals surface area contributed by atoms with E-state index in [4.69, 9.17) is 9.47 Å². The van der Waals surface area contributed by atoms with Gasteiger partial charge in [0.15, 0.2) is 0 Å². The van der Waals surface area contributed by atoms with Crippen molar-refractivity contribution in [1.29, 1.82) is 0 Å². The summed E-state index contributed by atoms with van der Waals surface area (Å²) >= 11 is 0. The van der Waals surface area contributed by atoms with E-state index in [1.165, 1.54) is 18.2 Å². The molecule has 8 nitrogen and oxygen atoms in total. The second-order valence-electron chi connectivity index (χ2n) is 6.62. The fourth-order valence-electron chi connectivity index (χ4n) is 3.26. The van der Waals surface area contributed by atoms with Gasteiger partial charge in [-0.1, -0.05) is 24.3 Å². The van der Waals surface area contributed by atoms with E-state index in [2.05, 4.69) is 5.32 Å². The molecule has 0 spiro atoms. The molecule has 0 saturated carbocycles. The third-order valence-electron chi connectivity index (χ3n) is 4.70. The highest BCUT2D eigenvalue weighted by molar-refractivity contribution is 5.95. The van der Waals surface area contributed by atoms with Crippen molar-refractivity contribution < 1.29 is 24.0 Å². The Morgan fingerprint density at radius 3 is 2.62 bits per heavy atom. The molecule has 29 heavy (non-hydrogen) atoms. The number of rotatable bonds is 6. The van der Waals surface area contributed by atoms with E-state index in [0.717, 1.165) is 5.56 Å². The molecule has 3 rings (SSSR count). The van der Waals surface area contributed by atoms with Gasteiger partial charge >= 0.3 is 5.97 Å². The van der Waals surface area contributed by atoms with Gasteiger partial charge in [0, 0.05) is 30.2 Å². The topological polar surface area (TPSA) is 108 Å². The Bertz CT molecular complexity index is 981. The standard InChI is InChI=1S/C21H20N2O6/c1-13-20(21(25)29-12-14-6-8-17(28-2)9-7-14)18(11-19(24)22-13)15-4-3-5-16(10-15)23(26)27/h3-10,18H,11-12H2,1-2H3,(H,22,24). The number of nitro groups is 1. The first-order chi connectivity index (χ1) is 13.9. The molecule has 8 heteroatoms. The molecule has 0 radical (unpaired) electrons. The molecule has 0 aliphatic carbocycles. The Kier molecular flexibility index (Phi) is 5.92. The average Bonchev–Trinajstić information content (AvgIpc) is 2.72. The Labute approximate surface area is 167 Å². The molecule has 1 amide bonds. The molecule has 0 saturated heterocycles. The highest BCUT2D eigenvalue weighted by atomic mass is 16.6. The Hall–Kier alpha value is -3.68. The van der Waals surface area contributed by atoms with Gasteiger partial charge in [0.2, 0.25) is 5.91 Å². The smallest absolute Gasteiger partial charge is 0.336 e. The Morgan fingerprint density at radius 1 is 1.24 bits per heavy atom. The number of hydrogen-bond donors (Lipinski definition) is 1. The molecule has 1 atom stereocenters. The van der Waals surface area contributed by atoms with E-state index in [9.17, 15) is 19.7 Å². The van der Waals surface area contributed by atoms with Crippen LogP contribution >= 0.6 is 0 Å². The predicted molar refractivity (Wildman–Crippen MR) is 104 cm³/mol. The summed E-state index contributed by atoms with van der Waals surface area (Å²) in [7, 11) is 1.57. The van der Waals surface area contributed by atoms with Gasteiger partial charge in [-0.25, -0.2) is 4.79 Å². The van der Waals surface area contributed by atoms with Crippen molar-refractivity contribution in [3.63, 3.8) is 0 Å². The second-order valence-corrected chi connectivity index (χ2v) is 6.62. The van der Waals surface area contributed by atoms with E-state index >= 15 is 0 Å². The first-order valence-electron chi connectivity index (χ1n) is 8.94. The van der Waals surface area contributed by atoms with E-state index in [-0.39, 0.29) is 24.6 Å². The van der Waals surface area contributed by atoms with Crippen LogP contribution < -0.4 is 10.1 Å². The van der Waals surface area contributed by atoms with Crippen molar-refractivity contribution in [1.82, 2.24) is 5.32 Å². The zero-order valence-electron chi connectivity index (χ0n) is 16.0. The number of ether oxygens (including phenoxy) is 2. The van der Waals surface area contributed by atoms with Gasteiger partial charge in [-0.05, 0) is 30.2 Å². The molecule has 2 aromatic rings. The average molecular weight is 396 g/mol. The Morgan fingerprint density at radius 2 is 1.97 bits per heavy atom. The van der Waals surface area contributed by atoms with Crippen molar-refractivity contribution in [2.45, 2.75) is 25.9 Å². The number of nitro benzene ring substituents is 1. The number of allylic oxidation sites excluding steroid dienone is 1.